The monoisotopic (exact) mass is 455 g/mol. The minimum Gasteiger partial charge on any atom is -0.673 e. The van der Waals surface area contributed by atoms with Gasteiger partial charge in [-0.25, -0.2) is 0 Å². The summed E-state index contributed by atoms with van der Waals surface area (Å²) in [4.78, 5) is 0. The molecule has 0 fully saturated rings. The Morgan fingerprint density at radius 3 is 1.80 bits per heavy atom. The van der Waals surface area contributed by atoms with Gasteiger partial charge in [0, 0.05) is 9.52 Å². The van der Waals surface area contributed by atoms with Crippen molar-refractivity contribution in [2.45, 2.75) is 39.4 Å². The van der Waals surface area contributed by atoms with Gasteiger partial charge in [0.25, 0.3) is 0 Å². The minimum atomic E-state index is -0.250. The van der Waals surface area contributed by atoms with Crippen molar-refractivity contribution in [1.82, 2.24) is 0 Å². The van der Waals surface area contributed by atoms with E-state index in [2.05, 4.69) is 55.6 Å². The molecule has 110 valence electrons. The van der Waals surface area contributed by atoms with Gasteiger partial charge >= 0.3 is 25.8 Å². The van der Waals surface area contributed by atoms with Crippen LogP contribution in [0.1, 0.15) is 20.8 Å². The van der Waals surface area contributed by atoms with Crippen molar-refractivity contribution in [2.24, 2.45) is 0 Å². The third-order valence-electron chi connectivity index (χ3n) is 1.55. The number of hydrogen-bond donors (Lipinski definition) is 0. The van der Waals surface area contributed by atoms with Gasteiger partial charge in [-0.2, -0.15) is 17.5 Å². The Labute approximate surface area is 148 Å². The van der Waals surface area contributed by atoms with Crippen molar-refractivity contribution in [3.8, 4) is 0 Å². The summed E-state index contributed by atoms with van der Waals surface area (Å²) in [7, 11) is 1.08. The van der Waals surface area contributed by atoms with Crippen molar-refractivity contribution in [1.29, 1.82) is 0 Å². The van der Waals surface area contributed by atoms with Crippen LogP contribution in [0.25, 0.3) is 16.5 Å². The van der Waals surface area contributed by atoms with E-state index in [1.165, 1.54) is 10.8 Å². The molecule has 0 saturated carbocycles. The third kappa shape index (κ3) is 17.9. The van der Waals surface area contributed by atoms with Crippen LogP contribution in [0.3, 0.4) is 0 Å². The van der Waals surface area contributed by atoms with Crippen LogP contribution in [0.4, 0.5) is 0 Å². The molecule has 20 heavy (non-hydrogen) atoms. The Bertz CT molecular complexity index is 368. The maximum Gasteiger partial charge on any atom is 4.00 e. The second kappa shape index (κ2) is 15.3. The Kier molecular flexibility index (Phi) is 21.5. The number of benzene rings is 1. The van der Waals surface area contributed by atoms with Crippen LogP contribution in [-0.4, -0.2) is 15.1 Å². The molecule has 0 aliphatic carbocycles. The van der Waals surface area contributed by atoms with Crippen molar-refractivity contribution in [3.05, 3.63) is 63.1 Å². The molecule has 0 amide bonds. The zero-order valence-electron chi connectivity index (χ0n) is 14.0. The van der Waals surface area contributed by atoms with E-state index >= 15 is 0 Å². The number of fused-ring (bicyclic) bond motifs is 1. The van der Waals surface area contributed by atoms with Crippen LogP contribution in [0, 0.1) is 14.9 Å². The molecule has 2 aromatic rings. The molecule has 0 heterocycles. The molecule has 0 bridgehead atoms. The van der Waals surface area contributed by atoms with E-state index in [1.807, 2.05) is 20.8 Å². The Balaban J connectivity index is -0.000000103. The fourth-order valence-electron chi connectivity index (χ4n) is 1.07. The van der Waals surface area contributed by atoms with Crippen molar-refractivity contribution in [3.63, 3.8) is 0 Å². The van der Waals surface area contributed by atoms with E-state index in [0.717, 1.165) is 9.52 Å². The smallest absolute Gasteiger partial charge is 0.673 e. The average Bonchev–Trinajstić information content (AvgIpc) is 2.63. The molecule has 2 rings (SSSR count). The standard InChI is InChI=1S/C9H7.C4H10N.C2H6Si.2CH3.Hf/c1-2-5-9-7-3-6-8(9)4-1;1-4(2,3)5;1-3-2;;;/h1-7H;5H,1-3H3;1-2H3;2*1H3;/q2*-1;;2*-1;+4. The summed E-state index contributed by atoms with van der Waals surface area (Å²) in [5.74, 6) is 0. The van der Waals surface area contributed by atoms with Crippen LogP contribution in [0.2, 0.25) is 13.1 Å². The second-order valence-corrected chi connectivity index (χ2v) is 5.90. The second-order valence-electron chi connectivity index (χ2n) is 4.90. The van der Waals surface area contributed by atoms with E-state index < -0.39 is 0 Å². The molecule has 2 radical (unpaired) electrons. The Hall–Kier alpha value is -0.123. The average molecular weight is 454 g/mol. The van der Waals surface area contributed by atoms with Crippen molar-refractivity contribution in [2.75, 3.05) is 0 Å². The molecule has 0 unspecified atom stereocenters. The zero-order valence-corrected chi connectivity index (χ0v) is 18.6. The quantitative estimate of drug-likeness (QED) is 0.341. The van der Waals surface area contributed by atoms with E-state index in [9.17, 15) is 0 Å². The largest absolute Gasteiger partial charge is 4.00 e. The Morgan fingerprint density at radius 1 is 1.00 bits per heavy atom. The molecule has 0 spiro atoms. The molecule has 1 N–H and O–H groups in total. The first kappa shape index (κ1) is 28.1. The van der Waals surface area contributed by atoms with Crippen LogP contribution in [0.15, 0.2) is 42.5 Å². The first-order chi connectivity index (χ1) is 7.88. The predicted molar refractivity (Wildman–Crippen MR) is 93.9 cm³/mol. The summed E-state index contributed by atoms with van der Waals surface area (Å²) in [6.45, 7) is 9.87. The minimum absolute atomic E-state index is 0. The van der Waals surface area contributed by atoms with E-state index in [0.29, 0.717) is 0 Å². The van der Waals surface area contributed by atoms with Gasteiger partial charge in [-0.1, -0.05) is 39.9 Å². The number of rotatable bonds is 0. The third-order valence-corrected chi connectivity index (χ3v) is 1.55. The molecule has 3 heteroatoms. The fraction of sp³-hybridized carbons (Fsp3) is 0.353. The van der Waals surface area contributed by atoms with E-state index in [-0.39, 0.29) is 46.2 Å². The summed E-state index contributed by atoms with van der Waals surface area (Å²) < 4.78 is 0. The van der Waals surface area contributed by atoms with Crippen molar-refractivity contribution >= 4 is 20.3 Å². The van der Waals surface area contributed by atoms with Crippen LogP contribution in [0.5, 0.6) is 0 Å². The maximum atomic E-state index is 6.94. The van der Waals surface area contributed by atoms with Gasteiger partial charge in [-0.3, -0.25) is 0 Å². The summed E-state index contributed by atoms with van der Waals surface area (Å²) in [6.07, 6.45) is 0. The molecule has 0 aromatic heterocycles. The van der Waals surface area contributed by atoms with Gasteiger partial charge in [0.1, 0.15) is 0 Å². The summed E-state index contributed by atoms with van der Waals surface area (Å²) >= 11 is 0. The predicted octanol–water partition coefficient (Wildman–Crippen LogP) is 6.08. The molecule has 0 saturated heterocycles. The van der Waals surface area contributed by atoms with Gasteiger partial charge in [0.15, 0.2) is 0 Å². The summed E-state index contributed by atoms with van der Waals surface area (Å²) in [5.41, 5.74) is 6.69. The normalized spacial score (nSPS) is 8.50. The van der Waals surface area contributed by atoms with Gasteiger partial charge in [-0.05, 0) is 0 Å². The van der Waals surface area contributed by atoms with Crippen LogP contribution < -0.4 is 0 Å². The van der Waals surface area contributed by atoms with Gasteiger partial charge in [0.05, 0.1) is 0 Å². The SMILES string of the molecule is CC(C)(C)[NH-].C[Si]C.[CH3-].[CH3-].[Hf+4].c1ccc2[cH-]ccc2c1. The Morgan fingerprint density at radius 2 is 1.40 bits per heavy atom. The van der Waals surface area contributed by atoms with Gasteiger partial charge < -0.3 is 20.6 Å². The van der Waals surface area contributed by atoms with Crippen molar-refractivity contribution < 1.29 is 25.8 Å². The first-order valence-corrected chi connectivity index (χ1v) is 7.82. The molecular formula is C17H29HfNSi. The zero-order chi connectivity index (χ0) is 13.3. The maximum absolute atomic E-state index is 6.94. The molecule has 0 aliphatic heterocycles. The number of nitrogens with one attached hydrogen (secondary N) is 1. The molecule has 0 atom stereocenters. The molecular weight excluding hydrogens is 425 g/mol. The van der Waals surface area contributed by atoms with E-state index in [1.54, 1.807) is 0 Å². The van der Waals surface area contributed by atoms with Crippen LogP contribution >= 0.6 is 0 Å². The van der Waals surface area contributed by atoms with Gasteiger partial charge in [-0.15, -0.1) is 35.2 Å². The summed E-state index contributed by atoms with van der Waals surface area (Å²) in [6, 6.07) is 14.7. The van der Waals surface area contributed by atoms with Gasteiger partial charge in [0.2, 0.25) is 0 Å². The summed E-state index contributed by atoms with van der Waals surface area (Å²) in [5, 5.41) is 2.66. The number of hydrogen-bond acceptors (Lipinski definition) is 0. The topological polar surface area (TPSA) is 23.8 Å². The fourth-order valence-corrected chi connectivity index (χ4v) is 1.07. The van der Waals surface area contributed by atoms with Crippen LogP contribution in [-0.2, 0) is 25.8 Å². The molecule has 0 aliphatic rings. The molecule has 1 nitrogen and oxygen atoms in total. The molecule has 2 aromatic carbocycles. The van der Waals surface area contributed by atoms with E-state index in [4.69, 9.17) is 5.73 Å². The first-order valence-electron chi connectivity index (χ1n) is 5.82.